The third-order valence-electron chi connectivity index (χ3n) is 5.38. The van der Waals surface area contributed by atoms with Crippen LogP contribution in [0, 0.1) is 35.5 Å². The van der Waals surface area contributed by atoms with Crippen LogP contribution in [-0.4, -0.2) is 0 Å². The Labute approximate surface area is 96.8 Å². The molecule has 6 atom stereocenters. The third kappa shape index (κ3) is 2.98. The molecule has 0 N–H and O–H groups in total. The van der Waals surface area contributed by atoms with E-state index < -0.39 is 0 Å². The van der Waals surface area contributed by atoms with Gasteiger partial charge in [0.05, 0.1) is 0 Å². The summed E-state index contributed by atoms with van der Waals surface area (Å²) >= 11 is 0. The van der Waals surface area contributed by atoms with Crippen LogP contribution in [-0.2, 0) is 0 Å². The second-order valence-corrected chi connectivity index (χ2v) is 6.30. The van der Waals surface area contributed by atoms with E-state index in [1.54, 1.807) is 0 Å². The molecule has 0 saturated heterocycles. The van der Waals surface area contributed by atoms with E-state index >= 15 is 0 Å². The van der Waals surface area contributed by atoms with Gasteiger partial charge in [-0.2, -0.15) is 0 Å². The lowest BCUT2D eigenvalue weighted by Gasteiger charge is -2.43. The van der Waals surface area contributed by atoms with Crippen LogP contribution >= 0.6 is 0 Å². The summed E-state index contributed by atoms with van der Waals surface area (Å²) in [4.78, 5) is 0. The van der Waals surface area contributed by atoms with Gasteiger partial charge in [0.2, 0.25) is 0 Å². The van der Waals surface area contributed by atoms with E-state index in [0.717, 1.165) is 35.5 Å². The van der Waals surface area contributed by atoms with Crippen LogP contribution in [0.25, 0.3) is 0 Å². The third-order valence-corrected chi connectivity index (χ3v) is 5.38. The van der Waals surface area contributed by atoms with Gasteiger partial charge in [-0.15, -0.1) is 0 Å². The van der Waals surface area contributed by atoms with Crippen molar-refractivity contribution in [2.24, 2.45) is 35.5 Å². The zero-order valence-electron chi connectivity index (χ0n) is 11.6. The van der Waals surface area contributed by atoms with Gasteiger partial charge in [0.25, 0.3) is 0 Å². The van der Waals surface area contributed by atoms with Crippen LogP contribution in [0.1, 0.15) is 60.8 Å². The second kappa shape index (κ2) is 5.37. The Kier molecular flexibility index (Phi) is 4.67. The van der Waals surface area contributed by atoms with Crippen LogP contribution < -0.4 is 0 Å². The lowest BCUT2D eigenvalue weighted by molar-refractivity contribution is 0.0624. The Bertz CT molecular complexity index is 182. The van der Waals surface area contributed by atoms with Crippen LogP contribution in [0.4, 0.5) is 0 Å². The lowest BCUT2D eigenvalue weighted by Crippen LogP contribution is -2.35. The van der Waals surface area contributed by atoms with Gasteiger partial charge in [-0.1, -0.05) is 48.0 Å². The van der Waals surface area contributed by atoms with Crippen molar-refractivity contribution in [3.8, 4) is 0 Å². The van der Waals surface area contributed by atoms with Gasteiger partial charge in [0.15, 0.2) is 0 Å². The summed E-state index contributed by atoms with van der Waals surface area (Å²) in [6.07, 6.45) is 4.28. The first kappa shape index (κ1) is 13.1. The maximum atomic E-state index is 2.49. The van der Waals surface area contributed by atoms with Gasteiger partial charge in [-0.05, 0) is 48.3 Å². The van der Waals surface area contributed by atoms with Crippen LogP contribution in [0.3, 0.4) is 0 Å². The van der Waals surface area contributed by atoms with E-state index in [2.05, 4.69) is 41.5 Å². The standard InChI is InChI=1S/C15H30/c1-7-10(2)8-15-9-11(3)12(4)13(5)14(15)6/h10-15H,7-9H2,1-6H3. The number of hydrogen-bond donors (Lipinski definition) is 0. The fraction of sp³-hybridized carbons (Fsp3) is 1.00. The van der Waals surface area contributed by atoms with Crippen molar-refractivity contribution in [1.29, 1.82) is 0 Å². The van der Waals surface area contributed by atoms with E-state index in [1.807, 2.05) is 0 Å². The summed E-state index contributed by atoms with van der Waals surface area (Å²) in [6, 6.07) is 0. The quantitative estimate of drug-likeness (QED) is 0.616. The number of rotatable bonds is 3. The molecule has 1 rings (SSSR count). The highest BCUT2D eigenvalue weighted by atomic mass is 14.4. The molecule has 0 heteroatoms. The molecule has 0 spiro atoms. The SMILES string of the molecule is CCC(C)CC1CC(C)C(C)C(C)C1C. The molecular weight excluding hydrogens is 180 g/mol. The minimum atomic E-state index is 0.919. The summed E-state index contributed by atoms with van der Waals surface area (Å²) in [5.41, 5.74) is 0. The van der Waals surface area contributed by atoms with Crippen LogP contribution in [0.5, 0.6) is 0 Å². The van der Waals surface area contributed by atoms with Crippen molar-refractivity contribution in [1.82, 2.24) is 0 Å². The summed E-state index contributed by atoms with van der Waals surface area (Å²) in [6.45, 7) is 14.6. The Morgan fingerprint density at radius 1 is 1.00 bits per heavy atom. The Hall–Kier alpha value is 0. The predicted molar refractivity (Wildman–Crippen MR) is 68.8 cm³/mol. The molecule has 1 aliphatic rings. The molecule has 1 saturated carbocycles. The smallest absolute Gasteiger partial charge is 0.0381 e. The first-order valence-corrected chi connectivity index (χ1v) is 6.97. The average molecular weight is 210 g/mol. The minimum Gasteiger partial charge on any atom is -0.0651 e. The van der Waals surface area contributed by atoms with E-state index in [0.29, 0.717) is 0 Å². The van der Waals surface area contributed by atoms with Gasteiger partial charge in [0.1, 0.15) is 0 Å². The average Bonchev–Trinajstić information content (AvgIpc) is 2.22. The molecular formula is C15H30. The topological polar surface area (TPSA) is 0 Å². The van der Waals surface area contributed by atoms with Crippen molar-refractivity contribution in [2.75, 3.05) is 0 Å². The molecule has 15 heavy (non-hydrogen) atoms. The molecule has 0 aromatic carbocycles. The lowest BCUT2D eigenvalue weighted by atomic mass is 9.62. The molecule has 0 heterocycles. The minimum absolute atomic E-state index is 0.919. The Morgan fingerprint density at radius 3 is 2.13 bits per heavy atom. The molecule has 0 aromatic heterocycles. The molecule has 0 aliphatic heterocycles. The highest BCUT2D eigenvalue weighted by Crippen LogP contribution is 2.44. The van der Waals surface area contributed by atoms with Gasteiger partial charge in [-0.25, -0.2) is 0 Å². The highest BCUT2D eigenvalue weighted by Gasteiger charge is 2.35. The maximum absolute atomic E-state index is 2.49. The Balaban J connectivity index is 2.58. The van der Waals surface area contributed by atoms with Gasteiger partial charge in [0, 0.05) is 0 Å². The van der Waals surface area contributed by atoms with Gasteiger partial charge >= 0.3 is 0 Å². The summed E-state index contributed by atoms with van der Waals surface area (Å²) in [7, 11) is 0. The van der Waals surface area contributed by atoms with Crippen LogP contribution in [0.2, 0.25) is 0 Å². The van der Waals surface area contributed by atoms with Crippen molar-refractivity contribution in [2.45, 2.75) is 60.8 Å². The normalized spacial score (nSPS) is 44.0. The molecule has 0 nitrogen and oxygen atoms in total. The second-order valence-electron chi connectivity index (χ2n) is 6.30. The van der Waals surface area contributed by atoms with Gasteiger partial charge < -0.3 is 0 Å². The first-order valence-electron chi connectivity index (χ1n) is 6.97. The zero-order valence-corrected chi connectivity index (χ0v) is 11.6. The van der Waals surface area contributed by atoms with Crippen molar-refractivity contribution < 1.29 is 0 Å². The highest BCUT2D eigenvalue weighted by molar-refractivity contribution is 4.85. The molecule has 0 aromatic rings. The van der Waals surface area contributed by atoms with Gasteiger partial charge in [-0.3, -0.25) is 0 Å². The summed E-state index contributed by atoms with van der Waals surface area (Å²) in [5.74, 6) is 5.62. The monoisotopic (exact) mass is 210 g/mol. The van der Waals surface area contributed by atoms with E-state index in [4.69, 9.17) is 0 Å². The summed E-state index contributed by atoms with van der Waals surface area (Å²) < 4.78 is 0. The molecule has 6 unspecified atom stereocenters. The zero-order chi connectivity index (χ0) is 11.6. The van der Waals surface area contributed by atoms with E-state index in [1.165, 1.54) is 19.3 Å². The van der Waals surface area contributed by atoms with Crippen molar-refractivity contribution >= 4 is 0 Å². The molecule has 90 valence electrons. The number of hydrogen-bond acceptors (Lipinski definition) is 0. The van der Waals surface area contributed by atoms with E-state index in [-0.39, 0.29) is 0 Å². The first-order chi connectivity index (χ1) is 6.97. The fourth-order valence-corrected chi connectivity index (χ4v) is 3.33. The molecule has 0 bridgehead atoms. The van der Waals surface area contributed by atoms with Crippen LogP contribution in [0.15, 0.2) is 0 Å². The fourth-order valence-electron chi connectivity index (χ4n) is 3.33. The van der Waals surface area contributed by atoms with Crippen molar-refractivity contribution in [3.63, 3.8) is 0 Å². The molecule has 0 amide bonds. The van der Waals surface area contributed by atoms with E-state index in [9.17, 15) is 0 Å². The summed E-state index contributed by atoms with van der Waals surface area (Å²) in [5, 5.41) is 0. The Morgan fingerprint density at radius 2 is 1.60 bits per heavy atom. The largest absolute Gasteiger partial charge is 0.0651 e. The molecule has 0 radical (unpaired) electrons. The molecule has 1 aliphatic carbocycles. The maximum Gasteiger partial charge on any atom is -0.0381 e. The predicted octanol–water partition coefficient (Wildman–Crippen LogP) is 4.99. The van der Waals surface area contributed by atoms with Crippen molar-refractivity contribution in [3.05, 3.63) is 0 Å². The molecule has 1 fully saturated rings.